The molecule has 0 bridgehead atoms. The maximum absolute atomic E-state index is 12.7. The third-order valence-electron chi connectivity index (χ3n) is 3.27. The van der Waals surface area contributed by atoms with Crippen LogP contribution < -0.4 is 0 Å². The molecule has 4 nitrogen and oxygen atoms in total. The molecule has 0 fully saturated rings. The quantitative estimate of drug-likeness (QED) is 0.678. The van der Waals surface area contributed by atoms with Gasteiger partial charge in [-0.05, 0) is 23.7 Å². The molecule has 2 aromatic heterocycles. The Labute approximate surface area is 127 Å². The zero-order valence-electron chi connectivity index (χ0n) is 12.1. The molecule has 1 aromatic carbocycles. The van der Waals surface area contributed by atoms with Crippen molar-refractivity contribution >= 4 is 28.2 Å². The van der Waals surface area contributed by atoms with Crippen LogP contribution in [0.3, 0.4) is 0 Å². The Morgan fingerprint density at radius 2 is 2.00 bits per heavy atom. The Kier molecular flexibility index (Phi) is 3.29. The van der Waals surface area contributed by atoms with Gasteiger partial charge >= 0.3 is 0 Å². The van der Waals surface area contributed by atoms with Crippen molar-refractivity contribution in [1.29, 1.82) is 0 Å². The van der Waals surface area contributed by atoms with Crippen molar-refractivity contribution in [3.8, 4) is 0 Å². The molecule has 0 aliphatic heterocycles. The SMILES string of the molecule is CC(C)(C)c1nnsc1C(=O)c1ccc2cccnc2c1. The third-order valence-corrected chi connectivity index (χ3v) is 4.00. The molecule has 0 unspecified atom stereocenters. The molecule has 0 saturated heterocycles. The van der Waals surface area contributed by atoms with E-state index < -0.39 is 0 Å². The van der Waals surface area contributed by atoms with Gasteiger partial charge in [-0.15, -0.1) is 5.10 Å². The van der Waals surface area contributed by atoms with E-state index in [1.807, 2.05) is 51.1 Å². The summed E-state index contributed by atoms with van der Waals surface area (Å²) in [7, 11) is 0. The molecule has 0 spiro atoms. The number of carbonyl (C=O) groups is 1. The van der Waals surface area contributed by atoms with Gasteiger partial charge in [0.1, 0.15) is 4.88 Å². The van der Waals surface area contributed by atoms with Gasteiger partial charge in [-0.1, -0.05) is 43.5 Å². The zero-order valence-corrected chi connectivity index (χ0v) is 12.9. The minimum absolute atomic E-state index is 0.0394. The largest absolute Gasteiger partial charge is 0.288 e. The number of rotatable bonds is 2. The fraction of sp³-hybridized carbons (Fsp3) is 0.250. The molecule has 0 amide bonds. The monoisotopic (exact) mass is 297 g/mol. The summed E-state index contributed by atoms with van der Waals surface area (Å²) >= 11 is 1.15. The van der Waals surface area contributed by atoms with Gasteiger partial charge in [0.05, 0.1) is 11.2 Å². The van der Waals surface area contributed by atoms with Gasteiger partial charge in [-0.3, -0.25) is 9.78 Å². The number of carbonyl (C=O) groups excluding carboxylic acids is 1. The van der Waals surface area contributed by atoms with Gasteiger partial charge in [0.15, 0.2) is 0 Å². The lowest BCUT2D eigenvalue weighted by molar-refractivity contribution is 0.104. The lowest BCUT2D eigenvalue weighted by Gasteiger charge is -2.15. The van der Waals surface area contributed by atoms with Crippen LogP contribution in [0.5, 0.6) is 0 Å². The molecular formula is C16H15N3OS. The van der Waals surface area contributed by atoms with E-state index in [1.54, 1.807) is 6.20 Å². The van der Waals surface area contributed by atoms with Crippen molar-refractivity contribution in [3.63, 3.8) is 0 Å². The molecule has 21 heavy (non-hydrogen) atoms. The van der Waals surface area contributed by atoms with E-state index in [9.17, 15) is 4.79 Å². The Bertz CT molecular complexity index is 818. The van der Waals surface area contributed by atoms with Crippen LogP contribution in [-0.4, -0.2) is 20.4 Å². The summed E-state index contributed by atoms with van der Waals surface area (Å²) in [6, 6.07) is 9.43. The number of pyridine rings is 1. The van der Waals surface area contributed by atoms with Gasteiger partial charge in [-0.2, -0.15) is 0 Å². The van der Waals surface area contributed by atoms with E-state index >= 15 is 0 Å². The van der Waals surface area contributed by atoms with Crippen LogP contribution in [0.4, 0.5) is 0 Å². The Morgan fingerprint density at radius 1 is 1.19 bits per heavy atom. The van der Waals surface area contributed by atoms with Crippen LogP contribution in [-0.2, 0) is 5.41 Å². The highest BCUT2D eigenvalue weighted by molar-refractivity contribution is 7.08. The molecule has 2 heterocycles. The first kappa shape index (κ1) is 13.8. The summed E-state index contributed by atoms with van der Waals surface area (Å²) in [5.41, 5.74) is 1.99. The molecule has 3 aromatic rings. The van der Waals surface area contributed by atoms with Gasteiger partial charge < -0.3 is 0 Å². The standard InChI is InChI=1S/C16H15N3OS/c1-16(2,3)15-14(21-19-18-15)13(20)11-7-6-10-5-4-8-17-12(10)9-11/h4-9H,1-3H3. The second-order valence-corrected chi connectivity index (χ2v) is 6.69. The molecule has 0 saturated carbocycles. The minimum atomic E-state index is -0.201. The molecule has 5 heteroatoms. The van der Waals surface area contributed by atoms with Crippen LogP contribution in [0.25, 0.3) is 10.9 Å². The average molecular weight is 297 g/mol. The van der Waals surface area contributed by atoms with Crippen molar-refractivity contribution in [3.05, 3.63) is 52.7 Å². The lowest BCUT2D eigenvalue weighted by Crippen LogP contribution is -2.16. The van der Waals surface area contributed by atoms with Crippen molar-refractivity contribution < 1.29 is 4.79 Å². The maximum Gasteiger partial charge on any atom is 0.206 e. The predicted octanol–water partition coefficient (Wildman–Crippen LogP) is 3.61. The molecule has 0 aliphatic rings. The second-order valence-electron chi connectivity index (χ2n) is 5.94. The summed E-state index contributed by atoms with van der Waals surface area (Å²) in [5.74, 6) is -0.0394. The first-order valence-corrected chi connectivity index (χ1v) is 7.46. The Balaban J connectivity index is 2.07. The highest BCUT2D eigenvalue weighted by atomic mass is 32.1. The minimum Gasteiger partial charge on any atom is -0.288 e. The number of benzene rings is 1. The van der Waals surface area contributed by atoms with Crippen LogP contribution in [0.15, 0.2) is 36.5 Å². The first-order chi connectivity index (χ1) is 9.97. The van der Waals surface area contributed by atoms with E-state index in [0.29, 0.717) is 10.4 Å². The molecule has 3 rings (SSSR count). The van der Waals surface area contributed by atoms with Crippen molar-refractivity contribution in [2.75, 3.05) is 0 Å². The van der Waals surface area contributed by atoms with E-state index in [1.165, 1.54) is 0 Å². The van der Waals surface area contributed by atoms with Crippen LogP contribution in [0.2, 0.25) is 0 Å². The Morgan fingerprint density at radius 3 is 2.76 bits per heavy atom. The Hall–Kier alpha value is -2.14. The van der Waals surface area contributed by atoms with E-state index in [-0.39, 0.29) is 11.2 Å². The normalized spacial score (nSPS) is 11.8. The summed E-state index contributed by atoms with van der Waals surface area (Å²) in [6.07, 6.45) is 1.73. The molecule has 0 aliphatic carbocycles. The number of hydrogen-bond acceptors (Lipinski definition) is 5. The smallest absolute Gasteiger partial charge is 0.206 e. The molecule has 0 radical (unpaired) electrons. The summed E-state index contributed by atoms with van der Waals surface area (Å²) in [5, 5.41) is 5.15. The van der Waals surface area contributed by atoms with Gasteiger partial charge in [0.2, 0.25) is 5.78 Å². The topological polar surface area (TPSA) is 55.7 Å². The fourth-order valence-electron chi connectivity index (χ4n) is 2.17. The number of ketones is 1. The zero-order chi connectivity index (χ0) is 15.0. The van der Waals surface area contributed by atoms with Gasteiger partial charge in [-0.25, -0.2) is 0 Å². The van der Waals surface area contributed by atoms with Crippen LogP contribution >= 0.6 is 11.5 Å². The van der Waals surface area contributed by atoms with Crippen molar-refractivity contribution in [1.82, 2.24) is 14.6 Å². The van der Waals surface area contributed by atoms with E-state index in [0.717, 1.165) is 28.1 Å². The lowest BCUT2D eigenvalue weighted by atomic mass is 9.90. The number of nitrogens with zero attached hydrogens (tertiary/aromatic N) is 3. The first-order valence-electron chi connectivity index (χ1n) is 6.69. The number of aromatic nitrogens is 3. The molecule has 106 valence electrons. The summed E-state index contributed by atoms with van der Waals surface area (Å²) < 4.78 is 3.95. The second kappa shape index (κ2) is 5.00. The van der Waals surface area contributed by atoms with Crippen molar-refractivity contribution in [2.45, 2.75) is 26.2 Å². The molecule has 0 atom stereocenters. The maximum atomic E-state index is 12.7. The fourth-order valence-corrected chi connectivity index (χ4v) is 3.01. The van der Waals surface area contributed by atoms with E-state index in [4.69, 9.17) is 0 Å². The number of fused-ring (bicyclic) bond motifs is 1. The summed E-state index contributed by atoms with van der Waals surface area (Å²) in [6.45, 7) is 6.09. The van der Waals surface area contributed by atoms with E-state index in [2.05, 4.69) is 14.6 Å². The van der Waals surface area contributed by atoms with Crippen molar-refractivity contribution in [2.24, 2.45) is 0 Å². The van der Waals surface area contributed by atoms with Crippen LogP contribution in [0.1, 0.15) is 41.7 Å². The van der Waals surface area contributed by atoms with Gasteiger partial charge in [0, 0.05) is 22.6 Å². The predicted molar refractivity (Wildman–Crippen MR) is 83.8 cm³/mol. The van der Waals surface area contributed by atoms with Gasteiger partial charge in [0.25, 0.3) is 0 Å². The molecule has 0 N–H and O–H groups in total. The van der Waals surface area contributed by atoms with Crippen LogP contribution in [0, 0.1) is 0 Å². The highest BCUT2D eigenvalue weighted by Crippen LogP contribution is 2.28. The molecular weight excluding hydrogens is 282 g/mol. The average Bonchev–Trinajstić information content (AvgIpc) is 2.95. The third kappa shape index (κ3) is 2.56. The summed E-state index contributed by atoms with van der Waals surface area (Å²) in [4.78, 5) is 17.6. The highest BCUT2D eigenvalue weighted by Gasteiger charge is 2.26. The number of hydrogen-bond donors (Lipinski definition) is 0.